The van der Waals surface area contributed by atoms with E-state index in [0.29, 0.717) is 0 Å². The Morgan fingerprint density at radius 3 is 3.10 bits per heavy atom. The molecule has 56 valence electrons. The quantitative estimate of drug-likeness (QED) is 0.562. The van der Waals surface area contributed by atoms with Crippen molar-refractivity contribution in [2.24, 2.45) is 0 Å². The van der Waals surface area contributed by atoms with Crippen LogP contribution in [0.3, 0.4) is 0 Å². The molecule has 2 heterocycles. The van der Waals surface area contributed by atoms with Crippen LogP contribution in [0.1, 0.15) is 18.5 Å². The van der Waals surface area contributed by atoms with Gasteiger partial charge in [-0.3, -0.25) is 0 Å². The van der Waals surface area contributed by atoms with Gasteiger partial charge < -0.3 is 4.57 Å². The SMILES string of the molecule is Cl.c1ncn2c1CCCC2. The van der Waals surface area contributed by atoms with Crippen LogP contribution in [0.4, 0.5) is 0 Å². The highest BCUT2D eigenvalue weighted by atomic mass is 35.5. The zero-order valence-corrected chi connectivity index (χ0v) is 6.60. The van der Waals surface area contributed by atoms with Crippen molar-refractivity contribution in [2.75, 3.05) is 0 Å². The summed E-state index contributed by atoms with van der Waals surface area (Å²) in [5.41, 5.74) is 1.40. The molecule has 0 fully saturated rings. The summed E-state index contributed by atoms with van der Waals surface area (Å²) in [6.07, 6.45) is 7.78. The van der Waals surface area contributed by atoms with Gasteiger partial charge in [-0.1, -0.05) is 0 Å². The molecule has 0 aliphatic carbocycles. The monoisotopic (exact) mass is 158 g/mol. The number of nitrogens with zero attached hydrogens (tertiary/aromatic N) is 2. The predicted octanol–water partition coefficient (Wildman–Crippen LogP) is 1.64. The van der Waals surface area contributed by atoms with E-state index in [0.717, 1.165) is 0 Å². The Kier molecular flexibility index (Phi) is 2.33. The van der Waals surface area contributed by atoms with Crippen molar-refractivity contribution >= 4 is 12.4 Å². The summed E-state index contributed by atoms with van der Waals surface area (Å²) in [6.45, 7) is 1.18. The topological polar surface area (TPSA) is 17.8 Å². The van der Waals surface area contributed by atoms with Crippen molar-refractivity contribution in [3.8, 4) is 0 Å². The lowest BCUT2D eigenvalue weighted by Gasteiger charge is -2.12. The van der Waals surface area contributed by atoms with E-state index in [9.17, 15) is 0 Å². The summed E-state index contributed by atoms with van der Waals surface area (Å²) in [7, 11) is 0. The molecule has 0 unspecified atom stereocenters. The molecule has 2 rings (SSSR count). The molecule has 0 radical (unpaired) electrons. The molecule has 0 amide bonds. The standard InChI is InChI=1S/C7H10N2.ClH/c1-2-4-9-6-8-5-7(9)3-1;/h5-6H,1-4H2;1H. The summed E-state index contributed by atoms with van der Waals surface area (Å²) in [6, 6.07) is 0. The normalized spacial score (nSPS) is 15.6. The summed E-state index contributed by atoms with van der Waals surface area (Å²) < 4.78 is 2.24. The van der Waals surface area contributed by atoms with Gasteiger partial charge in [0, 0.05) is 18.4 Å². The van der Waals surface area contributed by atoms with Gasteiger partial charge >= 0.3 is 0 Å². The second-order valence-corrected chi connectivity index (χ2v) is 2.54. The predicted molar refractivity (Wildman–Crippen MR) is 42.4 cm³/mol. The second kappa shape index (κ2) is 3.06. The molecule has 0 saturated carbocycles. The largest absolute Gasteiger partial charge is 0.335 e. The molecule has 0 N–H and O–H groups in total. The maximum absolute atomic E-state index is 4.07. The molecule has 1 aromatic heterocycles. The Morgan fingerprint density at radius 2 is 2.30 bits per heavy atom. The van der Waals surface area contributed by atoms with E-state index < -0.39 is 0 Å². The third-order valence-electron chi connectivity index (χ3n) is 1.88. The zero-order chi connectivity index (χ0) is 6.10. The number of hydrogen-bond acceptors (Lipinski definition) is 1. The number of aryl methyl sites for hydroxylation is 2. The van der Waals surface area contributed by atoms with Crippen LogP contribution in [0.5, 0.6) is 0 Å². The smallest absolute Gasteiger partial charge is 0.0948 e. The average molecular weight is 159 g/mol. The van der Waals surface area contributed by atoms with Crippen LogP contribution < -0.4 is 0 Å². The van der Waals surface area contributed by atoms with Crippen LogP contribution in [0.2, 0.25) is 0 Å². The zero-order valence-electron chi connectivity index (χ0n) is 5.79. The Morgan fingerprint density at radius 1 is 1.40 bits per heavy atom. The fourth-order valence-corrected chi connectivity index (χ4v) is 1.35. The minimum atomic E-state index is 0. The molecule has 10 heavy (non-hydrogen) atoms. The van der Waals surface area contributed by atoms with Gasteiger partial charge in [-0.2, -0.15) is 0 Å². The molecule has 0 spiro atoms. The fourth-order valence-electron chi connectivity index (χ4n) is 1.35. The van der Waals surface area contributed by atoms with Crippen molar-refractivity contribution in [1.82, 2.24) is 9.55 Å². The van der Waals surface area contributed by atoms with Crippen molar-refractivity contribution in [2.45, 2.75) is 25.8 Å². The van der Waals surface area contributed by atoms with Crippen molar-refractivity contribution in [1.29, 1.82) is 0 Å². The van der Waals surface area contributed by atoms with Crippen LogP contribution in [-0.2, 0) is 13.0 Å². The van der Waals surface area contributed by atoms with Gasteiger partial charge in [0.25, 0.3) is 0 Å². The second-order valence-electron chi connectivity index (χ2n) is 2.54. The highest BCUT2D eigenvalue weighted by molar-refractivity contribution is 5.85. The lowest BCUT2D eigenvalue weighted by atomic mass is 10.1. The van der Waals surface area contributed by atoms with Gasteiger partial charge in [-0.05, 0) is 19.3 Å². The first-order valence-electron chi connectivity index (χ1n) is 3.46. The third kappa shape index (κ3) is 1.16. The van der Waals surface area contributed by atoms with E-state index in [1.54, 1.807) is 0 Å². The molecule has 1 aliphatic heterocycles. The Balaban J connectivity index is 0.000000500. The van der Waals surface area contributed by atoms with Crippen LogP contribution in [0, 0.1) is 0 Å². The molecule has 0 bridgehead atoms. The molecule has 0 aromatic carbocycles. The number of halogens is 1. The van der Waals surface area contributed by atoms with Gasteiger partial charge in [0.2, 0.25) is 0 Å². The molecule has 0 atom stereocenters. The van der Waals surface area contributed by atoms with Crippen molar-refractivity contribution in [3.05, 3.63) is 18.2 Å². The maximum atomic E-state index is 4.07. The van der Waals surface area contributed by atoms with Crippen LogP contribution in [0.25, 0.3) is 0 Å². The minimum Gasteiger partial charge on any atom is -0.335 e. The highest BCUT2D eigenvalue weighted by Gasteiger charge is 2.05. The Bertz CT molecular complexity index is 187. The van der Waals surface area contributed by atoms with Crippen LogP contribution in [0.15, 0.2) is 12.5 Å². The van der Waals surface area contributed by atoms with Crippen molar-refractivity contribution in [3.63, 3.8) is 0 Å². The minimum absolute atomic E-state index is 0. The van der Waals surface area contributed by atoms with E-state index in [2.05, 4.69) is 9.55 Å². The van der Waals surface area contributed by atoms with Crippen molar-refractivity contribution < 1.29 is 0 Å². The van der Waals surface area contributed by atoms with E-state index in [1.807, 2.05) is 12.5 Å². The molecule has 1 aliphatic rings. The van der Waals surface area contributed by atoms with Gasteiger partial charge in [0.15, 0.2) is 0 Å². The van der Waals surface area contributed by atoms with E-state index in [-0.39, 0.29) is 12.4 Å². The lowest BCUT2D eigenvalue weighted by Crippen LogP contribution is -2.07. The van der Waals surface area contributed by atoms with Crippen LogP contribution >= 0.6 is 12.4 Å². The summed E-state index contributed by atoms with van der Waals surface area (Å²) in [5, 5.41) is 0. The van der Waals surface area contributed by atoms with Crippen LogP contribution in [-0.4, -0.2) is 9.55 Å². The molecular weight excluding hydrogens is 148 g/mol. The third-order valence-corrected chi connectivity index (χ3v) is 1.88. The number of imidazole rings is 1. The number of aromatic nitrogens is 2. The van der Waals surface area contributed by atoms with Gasteiger partial charge in [-0.25, -0.2) is 4.98 Å². The Hall–Kier alpha value is -0.500. The number of fused-ring (bicyclic) bond motifs is 1. The van der Waals surface area contributed by atoms with E-state index in [4.69, 9.17) is 0 Å². The first kappa shape index (κ1) is 7.61. The summed E-state index contributed by atoms with van der Waals surface area (Å²) >= 11 is 0. The molecular formula is C7H11ClN2. The first-order chi connectivity index (χ1) is 4.47. The van der Waals surface area contributed by atoms with E-state index in [1.165, 1.54) is 31.5 Å². The van der Waals surface area contributed by atoms with Gasteiger partial charge in [0.1, 0.15) is 0 Å². The summed E-state index contributed by atoms with van der Waals surface area (Å²) in [5.74, 6) is 0. The molecule has 3 heteroatoms. The van der Waals surface area contributed by atoms with E-state index >= 15 is 0 Å². The number of rotatable bonds is 0. The Labute approximate surface area is 66.7 Å². The van der Waals surface area contributed by atoms with Gasteiger partial charge in [0.05, 0.1) is 6.33 Å². The van der Waals surface area contributed by atoms with Gasteiger partial charge in [-0.15, -0.1) is 12.4 Å². The lowest BCUT2D eigenvalue weighted by molar-refractivity contribution is 0.532. The molecule has 0 saturated heterocycles. The first-order valence-corrected chi connectivity index (χ1v) is 3.46. The fraction of sp³-hybridized carbons (Fsp3) is 0.571. The molecule has 2 nitrogen and oxygen atoms in total. The maximum Gasteiger partial charge on any atom is 0.0948 e. The highest BCUT2D eigenvalue weighted by Crippen LogP contribution is 2.12. The molecule has 1 aromatic rings. The average Bonchev–Trinajstić information content (AvgIpc) is 2.33. The summed E-state index contributed by atoms with van der Waals surface area (Å²) in [4.78, 5) is 4.07. The number of hydrogen-bond donors (Lipinski definition) is 0.